The molecule has 0 saturated carbocycles. The van der Waals surface area contributed by atoms with Crippen LogP contribution < -0.4 is 20.9 Å². The zero-order valence-corrected chi connectivity index (χ0v) is 19.2. The Morgan fingerprint density at radius 1 is 1.00 bits per heavy atom. The van der Waals surface area contributed by atoms with E-state index >= 15 is 0 Å². The predicted molar refractivity (Wildman–Crippen MR) is 130 cm³/mol. The number of carbonyl (C=O) groups excluding carboxylic acids is 1. The topological polar surface area (TPSA) is 56.4 Å². The second-order valence-electron chi connectivity index (χ2n) is 8.00. The van der Waals surface area contributed by atoms with Gasteiger partial charge in [0.1, 0.15) is 0 Å². The van der Waals surface area contributed by atoms with Crippen molar-refractivity contribution in [1.29, 1.82) is 0 Å². The van der Waals surface area contributed by atoms with Crippen LogP contribution in [-0.4, -0.2) is 32.1 Å². The number of hydrogen-bond acceptors (Lipinski definition) is 4. The molecule has 0 radical (unpaired) electrons. The molecule has 0 atom stereocenters. The molecular weight excluding hydrogens is 465 g/mol. The first-order valence-electron chi connectivity index (χ1n) is 10.8. The van der Waals surface area contributed by atoms with Gasteiger partial charge in [-0.25, -0.2) is 0 Å². The van der Waals surface area contributed by atoms with Gasteiger partial charge >= 0.3 is 6.18 Å². The van der Waals surface area contributed by atoms with Crippen molar-refractivity contribution in [2.24, 2.45) is 0 Å². The first-order valence-corrected chi connectivity index (χ1v) is 11.2. The Kier molecular flexibility index (Phi) is 7.00. The summed E-state index contributed by atoms with van der Waals surface area (Å²) in [4.78, 5) is 14.8. The maximum absolute atomic E-state index is 13.8. The van der Waals surface area contributed by atoms with Gasteiger partial charge in [-0.15, -0.1) is 0 Å². The van der Waals surface area contributed by atoms with Crippen LogP contribution in [0.5, 0.6) is 0 Å². The number of benzene rings is 3. The first-order chi connectivity index (χ1) is 16.2. The molecule has 1 heterocycles. The van der Waals surface area contributed by atoms with E-state index in [4.69, 9.17) is 11.6 Å². The van der Waals surface area contributed by atoms with Gasteiger partial charge in [0.2, 0.25) is 0 Å². The molecule has 5 nitrogen and oxygen atoms in total. The van der Waals surface area contributed by atoms with Crippen LogP contribution in [-0.2, 0) is 6.18 Å². The van der Waals surface area contributed by atoms with Crippen molar-refractivity contribution in [2.75, 3.05) is 41.7 Å². The van der Waals surface area contributed by atoms with Crippen LogP contribution in [0.25, 0.3) is 0 Å². The zero-order chi connectivity index (χ0) is 24.3. The first kappa shape index (κ1) is 23.9. The minimum atomic E-state index is -4.55. The highest BCUT2D eigenvalue weighted by Crippen LogP contribution is 2.38. The Morgan fingerprint density at radius 3 is 2.44 bits per heavy atom. The van der Waals surface area contributed by atoms with Gasteiger partial charge in [0, 0.05) is 48.3 Å². The fraction of sp³-hybridized carbons (Fsp3) is 0.240. The highest BCUT2D eigenvalue weighted by molar-refractivity contribution is 6.31. The summed E-state index contributed by atoms with van der Waals surface area (Å²) < 4.78 is 41.5. The Hall–Kier alpha value is -3.23. The second-order valence-corrected chi connectivity index (χ2v) is 8.41. The van der Waals surface area contributed by atoms with Crippen molar-refractivity contribution in [3.63, 3.8) is 0 Å². The third kappa shape index (κ3) is 5.29. The standard InChI is InChI=1S/C25H24ClF3N4O/c1-16-20(26)6-4-8-21(16)32-22-7-3-2-5-18(22)24(34)31-17-9-10-23(19(15-17)25(27,28)29)33-13-11-30-12-14-33/h2-10,15,30,32H,11-14H2,1H3,(H,31,34). The summed E-state index contributed by atoms with van der Waals surface area (Å²) in [6, 6.07) is 16.1. The molecule has 0 aromatic heterocycles. The lowest BCUT2D eigenvalue weighted by Gasteiger charge is -2.31. The number of anilines is 4. The number of hydrogen-bond donors (Lipinski definition) is 3. The molecule has 34 heavy (non-hydrogen) atoms. The van der Waals surface area contributed by atoms with Crippen molar-refractivity contribution in [3.05, 3.63) is 82.4 Å². The lowest BCUT2D eigenvalue weighted by Crippen LogP contribution is -2.44. The van der Waals surface area contributed by atoms with E-state index in [-0.39, 0.29) is 11.4 Å². The van der Waals surface area contributed by atoms with Crippen molar-refractivity contribution in [1.82, 2.24) is 5.32 Å². The molecule has 1 fully saturated rings. The molecule has 1 amide bonds. The van der Waals surface area contributed by atoms with Gasteiger partial charge in [0.25, 0.3) is 5.91 Å². The Morgan fingerprint density at radius 2 is 1.71 bits per heavy atom. The summed E-state index contributed by atoms with van der Waals surface area (Å²) in [7, 11) is 0. The summed E-state index contributed by atoms with van der Waals surface area (Å²) in [5.74, 6) is -0.522. The van der Waals surface area contributed by atoms with Crippen molar-refractivity contribution < 1.29 is 18.0 Å². The van der Waals surface area contributed by atoms with Crippen LogP contribution in [0.2, 0.25) is 5.02 Å². The number of nitrogens with zero attached hydrogens (tertiary/aromatic N) is 1. The number of nitrogens with one attached hydrogen (secondary N) is 3. The molecule has 3 aromatic rings. The molecule has 0 aliphatic carbocycles. The summed E-state index contributed by atoms with van der Waals surface area (Å²) in [5, 5.41) is 9.53. The van der Waals surface area contributed by atoms with Crippen molar-refractivity contribution in [2.45, 2.75) is 13.1 Å². The molecule has 1 aliphatic heterocycles. The van der Waals surface area contributed by atoms with Crippen LogP contribution in [0.1, 0.15) is 21.5 Å². The number of para-hydroxylation sites is 1. The van der Waals surface area contributed by atoms with E-state index < -0.39 is 17.6 Å². The van der Waals surface area contributed by atoms with Crippen LogP contribution in [0.3, 0.4) is 0 Å². The number of carbonyl (C=O) groups is 1. The third-order valence-corrected chi connectivity index (χ3v) is 6.14. The van der Waals surface area contributed by atoms with Gasteiger partial charge in [0.15, 0.2) is 0 Å². The molecule has 3 aromatic carbocycles. The Balaban J connectivity index is 1.60. The minimum absolute atomic E-state index is 0.0740. The molecule has 0 spiro atoms. The zero-order valence-electron chi connectivity index (χ0n) is 18.5. The molecule has 178 valence electrons. The van der Waals surface area contributed by atoms with Gasteiger partial charge < -0.3 is 20.9 Å². The number of amides is 1. The fourth-order valence-electron chi connectivity index (χ4n) is 3.90. The van der Waals surface area contributed by atoms with Crippen molar-refractivity contribution in [3.8, 4) is 0 Å². The number of halogens is 4. The molecule has 9 heteroatoms. The number of piperazine rings is 1. The van der Waals surface area contributed by atoms with E-state index in [1.807, 2.05) is 13.0 Å². The largest absolute Gasteiger partial charge is 0.418 e. The lowest BCUT2D eigenvalue weighted by molar-refractivity contribution is -0.137. The number of alkyl halides is 3. The molecule has 0 unspecified atom stereocenters. The highest BCUT2D eigenvalue weighted by atomic mass is 35.5. The van der Waals surface area contributed by atoms with E-state index in [0.29, 0.717) is 42.5 Å². The van der Waals surface area contributed by atoms with Crippen molar-refractivity contribution >= 4 is 40.3 Å². The van der Waals surface area contributed by atoms with E-state index in [1.54, 1.807) is 41.3 Å². The van der Waals surface area contributed by atoms with Crippen LogP contribution >= 0.6 is 11.6 Å². The molecule has 0 bridgehead atoms. The van der Waals surface area contributed by atoms with Crippen LogP contribution in [0.4, 0.5) is 35.9 Å². The maximum Gasteiger partial charge on any atom is 0.418 e. The van der Waals surface area contributed by atoms with Gasteiger partial charge in [-0.05, 0) is 55.0 Å². The molecule has 4 rings (SSSR count). The molecule has 1 aliphatic rings. The average Bonchev–Trinajstić information content (AvgIpc) is 2.82. The monoisotopic (exact) mass is 488 g/mol. The maximum atomic E-state index is 13.8. The van der Waals surface area contributed by atoms with E-state index in [1.165, 1.54) is 12.1 Å². The van der Waals surface area contributed by atoms with E-state index in [2.05, 4.69) is 16.0 Å². The third-order valence-electron chi connectivity index (χ3n) is 5.73. The SMILES string of the molecule is Cc1c(Cl)cccc1Nc1ccccc1C(=O)Nc1ccc(N2CCNCC2)c(C(F)(F)F)c1. The second kappa shape index (κ2) is 9.95. The quantitative estimate of drug-likeness (QED) is 0.408. The van der Waals surface area contributed by atoms with E-state index in [9.17, 15) is 18.0 Å². The molecule has 3 N–H and O–H groups in total. The fourth-order valence-corrected chi connectivity index (χ4v) is 4.07. The lowest BCUT2D eigenvalue weighted by atomic mass is 10.1. The Labute approximate surface area is 200 Å². The van der Waals surface area contributed by atoms with Gasteiger partial charge in [0.05, 0.1) is 16.8 Å². The van der Waals surface area contributed by atoms with Gasteiger partial charge in [-0.2, -0.15) is 13.2 Å². The predicted octanol–water partition coefficient (Wildman–Crippen LogP) is 6.07. The van der Waals surface area contributed by atoms with Gasteiger partial charge in [-0.3, -0.25) is 4.79 Å². The van der Waals surface area contributed by atoms with E-state index in [0.717, 1.165) is 17.3 Å². The number of rotatable bonds is 5. The summed E-state index contributed by atoms with van der Waals surface area (Å²) in [6.45, 7) is 4.05. The van der Waals surface area contributed by atoms with Crippen LogP contribution in [0.15, 0.2) is 60.7 Å². The summed E-state index contributed by atoms with van der Waals surface area (Å²) in [6.07, 6.45) is -4.55. The average molecular weight is 489 g/mol. The normalized spacial score (nSPS) is 14.1. The molecular formula is C25H24ClF3N4O. The molecule has 1 saturated heterocycles. The highest BCUT2D eigenvalue weighted by Gasteiger charge is 2.35. The summed E-state index contributed by atoms with van der Waals surface area (Å²) in [5.41, 5.74) is 1.77. The van der Waals surface area contributed by atoms with Gasteiger partial charge in [-0.1, -0.05) is 29.8 Å². The summed E-state index contributed by atoms with van der Waals surface area (Å²) >= 11 is 6.19. The van der Waals surface area contributed by atoms with Crippen LogP contribution in [0, 0.1) is 6.92 Å². The Bertz CT molecular complexity index is 1190. The minimum Gasteiger partial charge on any atom is -0.368 e. The smallest absolute Gasteiger partial charge is 0.368 e.